The predicted molar refractivity (Wildman–Crippen MR) is 98.9 cm³/mol. The molecule has 2 aromatic heterocycles. The highest BCUT2D eigenvalue weighted by Crippen LogP contribution is 2.53. The zero-order valence-corrected chi connectivity index (χ0v) is 15.3. The van der Waals surface area contributed by atoms with E-state index in [-0.39, 0.29) is 5.91 Å². The summed E-state index contributed by atoms with van der Waals surface area (Å²) in [5.41, 5.74) is 3.20. The molecule has 5 nitrogen and oxygen atoms in total. The molecule has 0 spiro atoms. The zero-order chi connectivity index (χ0) is 17.7. The molecule has 0 radical (unpaired) electrons. The number of rotatable bonds is 3. The molecule has 2 aromatic rings. The molecule has 26 heavy (non-hydrogen) atoms. The van der Waals surface area contributed by atoms with Crippen molar-refractivity contribution in [2.24, 2.45) is 18.9 Å². The number of nitrogens with zero attached hydrogens (tertiary/aromatic N) is 4. The monoisotopic (exact) mass is 350 g/mol. The van der Waals surface area contributed by atoms with Crippen LogP contribution in [0, 0.1) is 11.8 Å². The van der Waals surface area contributed by atoms with Crippen LogP contribution in [0.15, 0.2) is 30.7 Å². The highest BCUT2D eigenvalue weighted by Gasteiger charge is 2.43. The third kappa shape index (κ3) is 2.65. The minimum Gasteiger partial charge on any atom is -0.338 e. The Hall–Kier alpha value is -2.17. The molecule has 1 aliphatic heterocycles. The summed E-state index contributed by atoms with van der Waals surface area (Å²) in [6.45, 7) is 1.63. The lowest BCUT2D eigenvalue weighted by Crippen LogP contribution is -2.29. The summed E-state index contributed by atoms with van der Waals surface area (Å²) in [7, 11) is 1.94. The zero-order valence-electron chi connectivity index (χ0n) is 15.3. The molecule has 136 valence electrons. The fraction of sp³-hybridized carbons (Fsp3) is 0.571. The first-order valence-corrected chi connectivity index (χ1v) is 9.91. The van der Waals surface area contributed by atoms with Crippen molar-refractivity contribution in [3.05, 3.63) is 47.5 Å². The summed E-state index contributed by atoms with van der Waals surface area (Å²) in [4.78, 5) is 19.4. The number of carbonyl (C=O) groups excluding carboxylic acids is 1. The van der Waals surface area contributed by atoms with E-state index in [9.17, 15) is 4.79 Å². The standard InChI is InChI=1S/C21H26N4O/c1-24-13-19(20(23-24)18-11-14-2-3-16(18)10-14)21(26)25-9-6-17(12-25)15-4-7-22-8-5-15/h4-5,7-8,13-14,16-18H,2-3,6,9-12H2,1H3. The van der Waals surface area contributed by atoms with Crippen molar-refractivity contribution in [1.82, 2.24) is 19.7 Å². The van der Waals surface area contributed by atoms with E-state index in [1.165, 1.54) is 31.2 Å². The van der Waals surface area contributed by atoms with Crippen molar-refractivity contribution in [3.63, 3.8) is 0 Å². The van der Waals surface area contributed by atoms with E-state index in [2.05, 4.69) is 17.1 Å². The average molecular weight is 350 g/mol. The SMILES string of the molecule is Cn1cc(C(=O)N2CCC(c3ccncc3)C2)c(C2CC3CCC2C3)n1. The van der Waals surface area contributed by atoms with E-state index in [0.717, 1.165) is 42.6 Å². The van der Waals surface area contributed by atoms with Gasteiger partial charge >= 0.3 is 0 Å². The van der Waals surface area contributed by atoms with Gasteiger partial charge < -0.3 is 4.90 Å². The smallest absolute Gasteiger partial charge is 0.257 e. The van der Waals surface area contributed by atoms with Crippen LogP contribution in [-0.4, -0.2) is 38.7 Å². The van der Waals surface area contributed by atoms with Gasteiger partial charge in [-0.05, 0) is 55.2 Å². The molecule has 1 amide bonds. The van der Waals surface area contributed by atoms with E-state index in [4.69, 9.17) is 5.10 Å². The van der Waals surface area contributed by atoms with Crippen molar-refractivity contribution in [2.75, 3.05) is 13.1 Å². The van der Waals surface area contributed by atoms with E-state index in [1.807, 2.05) is 35.2 Å². The minimum atomic E-state index is 0.174. The number of aryl methyl sites for hydroxylation is 1. The summed E-state index contributed by atoms with van der Waals surface area (Å²) in [6, 6.07) is 4.15. The molecule has 1 saturated heterocycles. The Balaban J connectivity index is 1.36. The summed E-state index contributed by atoms with van der Waals surface area (Å²) >= 11 is 0. The van der Waals surface area contributed by atoms with Crippen molar-refractivity contribution >= 4 is 5.91 Å². The number of aromatic nitrogens is 3. The average Bonchev–Trinajstić information content (AvgIpc) is 3.44. The number of fused-ring (bicyclic) bond motifs is 2. The Bertz CT molecular complexity index is 815. The molecular formula is C21H26N4O. The number of hydrogen-bond acceptors (Lipinski definition) is 3. The van der Waals surface area contributed by atoms with E-state index >= 15 is 0 Å². The number of pyridine rings is 1. The number of amides is 1. The first kappa shape index (κ1) is 16.0. The fourth-order valence-electron chi connectivity index (χ4n) is 5.55. The second-order valence-electron chi connectivity index (χ2n) is 8.40. The predicted octanol–water partition coefficient (Wildman–Crippen LogP) is 3.35. The van der Waals surface area contributed by atoms with E-state index < -0.39 is 0 Å². The molecule has 3 aliphatic rings. The van der Waals surface area contributed by atoms with Gasteiger partial charge in [0.25, 0.3) is 5.91 Å². The maximum absolute atomic E-state index is 13.3. The van der Waals surface area contributed by atoms with Gasteiger partial charge in [0.15, 0.2) is 0 Å². The molecule has 3 fully saturated rings. The van der Waals surface area contributed by atoms with Crippen molar-refractivity contribution in [3.8, 4) is 0 Å². The van der Waals surface area contributed by atoms with Crippen LogP contribution in [0.3, 0.4) is 0 Å². The number of hydrogen-bond donors (Lipinski definition) is 0. The maximum Gasteiger partial charge on any atom is 0.257 e. The van der Waals surface area contributed by atoms with Gasteiger partial charge in [0, 0.05) is 50.6 Å². The highest BCUT2D eigenvalue weighted by molar-refractivity contribution is 5.95. The first-order valence-electron chi connectivity index (χ1n) is 9.91. The molecule has 4 atom stereocenters. The lowest BCUT2D eigenvalue weighted by atomic mass is 9.85. The Morgan fingerprint density at radius 2 is 2.00 bits per heavy atom. The Kier molecular flexibility index (Phi) is 3.84. The second-order valence-corrected chi connectivity index (χ2v) is 8.40. The van der Waals surface area contributed by atoms with Crippen LogP contribution in [0.5, 0.6) is 0 Å². The summed E-state index contributed by atoms with van der Waals surface area (Å²) in [5.74, 6) is 2.69. The number of likely N-dealkylation sites (tertiary alicyclic amines) is 1. The molecule has 2 aliphatic carbocycles. The molecular weight excluding hydrogens is 324 g/mol. The van der Waals surface area contributed by atoms with Gasteiger partial charge in [-0.3, -0.25) is 14.5 Å². The van der Waals surface area contributed by atoms with Gasteiger partial charge in [0.1, 0.15) is 0 Å². The van der Waals surface area contributed by atoms with Gasteiger partial charge in [0.2, 0.25) is 0 Å². The normalized spacial score (nSPS) is 30.3. The molecule has 5 rings (SSSR count). The van der Waals surface area contributed by atoms with Gasteiger partial charge in [-0.25, -0.2) is 0 Å². The summed E-state index contributed by atoms with van der Waals surface area (Å²) in [6.07, 6.45) is 11.9. The Morgan fingerprint density at radius 3 is 2.73 bits per heavy atom. The van der Waals surface area contributed by atoms with Gasteiger partial charge in [-0.1, -0.05) is 6.42 Å². The van der Waals surface area contributed by atoms with E-state index in [1.54, 1.807) is 0 Å². The Morgan fingerprint density at radius 1 is 1.15 bits per heavy atom. The Labute approximate surface area is 154 Å². The lowest BCUT2D eigenvalue weighted by Gasteiger charge is -2.22. The van der Waals surface area contributed by atoms with Crippen LogP contribution in [0.25, 0.3) is 0 Å². The molecule has 2 bridgehead atoms. The van der Waals surface area contributed by atoms with Crippen LogP contribution in [-0.2, 0) is 7.05 Å². The van der Waals surface area contributed by atoms with Crippen LogP contribution >= 0.6 is 0 Å². The van der Waals surface area contributed by atoms with Crippen LogP contribution in [0.1, 0.15) is 65.6 Å². The molecule has 3 heterocycles. The van der Waals surface area contributed by atoms with Crippen molar-refractivity contribution in [2.45, 2.75) is 43.9 Å². The molecule has 2 saturated carbocycles. The fourth-order valence-corrected chi connectivity index (χ4v) is 5.55. The van der Waals surface area contributed by atoms with Crippen molar-refractivity contribution < 1.29 is 4.79 Å². The maximum atomic E-state index is 13.3. The van der Waals surface area contributed by atoms with Gasteiger partial charge in [0.05, 0.1) is 11.3 Å². The minimum absolute atomic E-state index is 0.174. The number of carbonyl (C=O) groups is 1. The van der Waals surface area contributed by atoms with Crippen LogP contribution in [0.4, 0.5) is 0 Å². The van der Waals surface area contributed by atoms with Crippen LogP contribution in [0.2, 0.25) is 0 Å². The highest BCUT2D eigenvalue weighted by atomic mass is 16.2. The van der Waals surface area contributed by atoms with Crippen molar-refractivity contribution in [1.29, 1.82) is 0 Å². The molecule has 0 aromatic carbocycles. The third-order valence-corrected chi connectivity index (χ3v) is 6.83. The summed E-state index contributed by atoms with van der Waals surface area (Å²) in [5, 5.41) is 4.74. The quantitative estimate of drug-likeness (QED) is 0.853. The van der Waals surface area contributed by atoms with Crippen LogP contribution < -0.4 is 0 Å². The van der Waals surface area contributed by atoms with Gasteiger partial charge in [-0.2, -0.15) is 5.10 Å². The largest absolute Gasteiger partial charge is 0.338 e. The van der Waals surface area contributed by atoms with E-state index in [0.29, 0.717) is 11.8 Å². The topological polar surface area (TPSA) is 51.0 Å². The molecule has 5 heteroatoms. The van der Waals surface area contributed by atoms with Gasteiger partial charge in [-0.15, -0.1) is 0 Å². The second kappa shape index (κ2) is 6.22. The summed E-state index contributed by atoms with van der Waals surface area (Å²) < 4.78 is 1.84. The third-order valence-electron chi connectivity index (χ3n) is 6.83. The molecule has 0 N–H and O–H groups in total. The molecule has 4 unspecified atom stereocenters. The first-order chi connectivity index (χ1) is 12.7. The lowest BCUT2D eigenvalue weighted by molar-refractivity contribution is 0.0788.